The second kappa shape index (κ2) is 9.67. The Labute approximate surface area is 155 Å². The van der Waals surface area contributed by atoms with Gasteiger partial charge in [-0.2, -0.15) is 18.2 Å². The number of hydrogen-bond donors (Lipinski definition) is 2. The SMILES string of the molecule is Cl.Cl.NC(=Nc1ccc(C(F)(F)F)c(F)c1)/N=C(/N)N1CCCCC1. The van der Waals surface area contributed by atoms with Gasteiger partial charge in [-0.25, -0.2) is 9.38 Å². The summed E-state index contributed by atoms with van der Waals surface area (Å²) in [5.74, 6) is -1.47. The van der Waals surface area contributed by atoms with Gasteiger partial charge in [0.05, 0.1) is 11.3 Å². The third-order valence-corrected chi connectivity index (χ3v) is 3.41. The van der Waals surface area contributed by atoms with Crippen molar-refractivity contribution in [3.8, 4) is 0 Å². The van der Waals surface area contributed by atoms with Crippen molar-refractivity contribution in [2.24, 2.45) is 21.5 Å². The van der Waals surface area contributed by atoms with E-state index in [1.165, 1.54) is 0 Å². The van der Waals surface area contributed by atoms with Crippen LogP contribution in [0.3, 0.4) is 0 Å². The van der Waals surface area contributed by atoms with Crippen molar-refractivity contribution in [1.29, 1.82) is 0 Å². The number of rotatable bonds is 1. The zero-order chi connectivity index (χ0) is 17.0. The van der Waals surface area contributed by atoms with Crippen molar-refractivity contribution in [1.82, 2.24) is 4.90 Å². The molecule has 1 aromatic carbocycles. The Morgan fingerprint density at radius 1 is 1.04 bits per heavy atom. The van der Waals surface area contributed by atoms with Crippen LogP contribution in [0.4, 0.5) is 23.2 Å². The molecule has 0 atom stereocenters. The summed E-state index contributed by atoms with van der Waals surface area (Å²) in [6, 6.07) is 2.28. The molecule has 4 N–H and O–H groups in total. The standard InChI is InChI=1S/C14H17F4N5.2ClH/c15-11-8-9(4-5-10(11)14(16,17)18)21-12(19)22-13(20)23-6-2-1-3-7-23;;/h4-5,8H,1-3,6-7H2,(H4,19,20,21,22);2*1H. The normalized spacial score (nSPS) is 16.1. The highest BCUT2D eigenvalue weighted by Gasteiger charge is 2.33. The van der Waals surface area contributed by atoms with Crippen LogP contribution in [-0.4, -0.2) is 29.9 Å². The molecule has 0 bridgehead atoms. The average molecular weight is 404 g/mol. The van der Waals surface area contributed by atoms with E-state index in [-0.39, 0.29) is 42.4 Å². The monoisotopic (exact) mass is 403 g/mol. The summed E-state index contributed by atoms with van der Waals surface area (Å²) in [5.41, 5.74) is 9.98. The molecule has 1 aliphatic heterocycles. The molecule has 0 aromatic heterocycles. The molecular weight excluding hydrogens is 385 g/mol. The fraction of sp³-hybridized carbons (Fsp3) is 0.429. The molecule has 0 saturated carbocycles. The van der Waals surface area contributed by atoms with E-state index in [2.05, 4.69) is 9.98 Å². The van der Waals surface area contributed by atoms with Gasteiger partial charge >= 0.3 is 6.18 Å². The maximum absolute atomic E-state index is 13.5. The lowest BCUT2D eigenvalue weighted by Crippen LogP contribution is -2.41. The zero-order valence-electron chi connectivity index (χ0n) is 13.1. The minimum absolute atomic E-state index is 0. The average Bonchev–Trinajstić information content (AvgIpc) is 2.46. The van der Waals surface area contributed by atoms with E-state index < -0.39 is 17.6 Å². The van der Waals surface area contributed by atoms with Crippen molar-refractivity contribution in [3.63, 3.8) is 0 Å². The van der Waals surface area contributed by atoms with Crippen LogP contribution in [0.15, 0.2) is 28.2 Å². The Morgan fingerprint density at radius 3 is 2.16 bits per heavy atom. The molecule has 2 rings (SSSR count). The first-order chi connectivity index (χ1) is 10.8. The largest absolute Gasteiger partial charge is 0.419 e. The second-order valence-electron chi connectivity index (χ2n) is 5.15. The molecule has 0 amide bonds. The Bertz CT molecular complexity index is 628. The van der Waals surface area contributed by atoms with Crippen LogP contribution in [0.1, 0.15) is 24.8 Å². The summed E-state index contributed by atoms with van der Waals surface area (Å²) < 4.78 is 50.9. The molecule has 1 saturated heterocycles. The van der Waals surface area contributed by atoms with E-state index >= 15 is 0 Å². The van der Waals surface area contributed by atoms with Gasteiger partial charge in [0.25, 0.3) is 0 Å². The predicted octanol–water partition coefficient (Wildman–Crippen LogP) is 3.43. The number of aliphatic imine (C=N–C) groups is 2. The van der Waals surface area contributed by atoms with Gasteiger partial charge in [0.15, 0.2) is 5.96 Å². The molecule has 0 aliphatic carbocycles. The highest BCUT2D eigenvalue weighted by Crippen LogP contribution is 2.32. The maximum Gasteiger partial charge on any atom is 0.419 e. The van der Waals surface area contributed by atoms with Crippen molar-refractivity contribution < 1.29 is 17.6 Å². The van der Waals surface area contributed by atoms with E-state index in [4.69, 9.17) is 11.5 Å². The van der Waals surface area contributed by atoms with E-state index in [1.807, 2.05) is 4.90 Å². The maximum atomic E-state index is 13.5. The lowest BCUT2D eigenvalue weighted by Gasteiger charge is -2.27. The molecule has 5 nitrogen and oxygen atoms in total. The highest BCUT2D eigenvalue weighted by molar-refractivity contribution is 5.94. The molecule has 1 fully saturated rings. The van der Waals surface area contributed by atoms with Gasteiger partial charge in [-0.15, -0.1) is 24.8 Å². The Balaban J connectivity index is 0.00000288. The molecule has 1 heterocycles. The van der Waals surface area contributed by atoms with Gasteiger partial charge < -0.3 is 16.4 Å². The number of alkyl halides is 3. The molecule has 1 aliphatic rings. The van der Waals surface area contributed by atoms with Crippen LogP contribution in [-0.2, 0) is 6.18 Å². The van der Waals surface area contributed by atoms with Crippen LogP contribution >= 0.6 is 24.8 Å². The first-order valence-corrected chi connectivity index (χ1v) is 7.07. The van der Waals surface area contributed by atoms with Crippen molar-refractivity contribution in [3.05, 3.63) is 29.6 Å². The topological polar surface area (TPSA) is 80.0 Å². The summed E-state index contributed by atoms with van der Waals surface area (Å²) in [7, 11) is 0. The minimum atomic E-state index is -4.76. The number of likely N-dealkylation sites (tertiary alicyclic amines) is 1. The Hall–Kier alpha value is -1.74. The predicted molar refractivity (Wildman–Crippen MR) is 94.2 cm³/mol. The number of guanidine groups is 2. The summed E-state index contributed by atoms with van der Waals surface area (Å²) in [6.45, 7) is 1.52. The van der Waals surface area contributed by atoms with Crippen LogP contribution in [0.5, 0.6) is 0 Å². The number of benzene rings is 1. The van der Waals surface area contributed by atoms with E-state index in [1.54, 1.807) is 0 Å². The Morgan fingerprint density at radius 2 is 1.64 bits per heavy atom. The lowest BCUT2D eigenvalue weighted by atomic mass is 10.1. The van der Waals surface area contributed by atoms with Crippen LogP contribution in [0.25, 0.3) is 0 Å². The second-order valence-corrected chi connectivity index (χ2v) is 5.15. The smallest absolute Gasteiger partial charge is 0.369 e. The van der Waals surface area contributed by atoms with Gasteiger partial charge in [0.2, 0.25) is 5.96 Å². The number of piperidine rings is 1. The fourth-order valence-electron chi connectivity index (χ4n) is 2.27. The summed E-state index contributed by atoms with van der Waals surface area (Å²) in [5, 5.41) is 0. The van der Waals surface area contributed by atoms with E-state index in [9.17, 15) is 17.6 Å². The van der Waals surface area contributed by atoms with Gasteiger partial charge in [-0.05, 0) is 31.4 Å². The molecular formula is C14H19Cl2F4N5. The first kappa shape index (κ1) is 23.3. The van der Waals surface area contributed by atoms with Gasteiger partial charge in [-0.3, -0.25) is 0 Å². The zero-order valence-corrected chi connectivity index (χ0v) is 14.7. The van der Waals surface area contributed by atoms with Gasteiger partial charge in [0, 0.05) is 19.2 Å². The summed E-state index contributed by atoms with van der Waals surface area (Å²) in [6.07, 6.45) is -1.64. The van der Waals surface area contributed by atoms with E-state index in [0.29, 0.717) is 12.1 Å². The third kappa shape index (κ3) is 6.58. The number of hydrogen-bond acceptors (Lipinski definition) is 1. The summed E-state index contributed by atoms with van der Waals surface area (Å²) in [4.78, 5) is 9.52. The number of nitrogens with zero attached hydrogens (tertiary/aromatic N) is 3. The van der Waals surface area contributed by atoms with Gasteiger partial charge in [0.1, 0.15) is 5.82 Å². The number of halogens is 6. The molecule has 0 unspecified atom stereocenters. The quantitative estimate of drug-likeness (QED) is 0.428. The molecule has 142 valence electrons. The lowest BCUT2D eigenvalue weighted by molar-refractivity contribution is -0.139. The number of nitrogens with two attached hydrogens (primary N) is 2. The fourth-order valence-corrected chi connectivity index (χ4v) is 2.27. The highest BCUT2D eigenvalue weighted by atomic mass is 35.5. The van der Waals surface area contributed by atoms with Crippen LogP contribution in [0, 0.1) is 5.82 Å². The van der Waals surface area contributed by atoms with E-state index in [0.717, 1.165) is 38.4 Å². The van der Waals surface area contributed by atoms with Crippen molar-refractivity contribution in [2.75, 3.05) is 13.1 Å². The Kier molecular flexibility index (Phi) is 8.99. The molecule has 1 aromatic rings. The molecule has 0 spiro atoms. The first-order valence-electron chi connectivity index (χ1n) is 7.07. The van der Waals surface area contributed by atoms with Crippen LogP contribution in [0.2, 0.25) is 0 Å². The molecule has 25 heavy (non-hydrogen) atoms. The molecule has 0 radical (unpaired) electrons. The third-order valence-electron chi connectivity index (χ3n) is 3.41. The molecule has 11 heteroatoms. The van der Waals surface area contributed by atoms with Crippen LogP contribution < -0.4 is 11.5 Å². The summed E-state index contributed by atoms with van der Waals surface area (Å²) >= 11 is 0. The minimum Gasteiger partial charge on any atom is -0.369 e. The van der Waals surface area contributed by atoms with Crippen molar-refractivity contribution >= 4 is 42.4 Å². The van der Waals surface area contributed by atoms with Crippen molar-refractivity contribution in [2.45, 2.75) is 25.4 Å². The van der Waals surface area contributed by atoms with Gasteiger partial charge in [-0.1, -0.05) is 0 Å².